The van der Waals surface area contributed by atoms with E-state index in [-0.39, 0.29) is 0 Å². The van der Waals surface area contributed by atoms with Crippen LogP contribution in [-0.4, -0.2) is 39.4 Å². The Morgan fingerprint density at radius 2 is 0.955 bits per heavy atom. The van der Waals surface area contributed by atoms with Crippen LogP contribution in [0.25, 0.3) is 0 Å². The maximum atomic E-state index is 13.2. The van der Waals surface area contributed by atoms with Gasteiger partial charge in [-0.1, -0.05) is 23.2 Å². The van der Waals surface area contributed by atoms with Crippen LogP contribution >= 0.6 is 34.8 Å². The summed E-state index contributed by atoms with van der Waals surface area (Å²) < 4.78 is 133. The second-order valence-corrected chi connectivity index (χ2v) is 5.31. The number of halogens is 14. The molecule has 22 heavy (non-hydrogen) atoms. The summed E-state index contributed by atoms with van der Waals surface area (Å²) in [4.78, 5) is 10.0. The van der Waals surface area contributed by atoms with Crippen LogP contribution in [0, 0.1) is 0 Å². The van der Waals surface area contributed by atoms with Crippen molar-refractivity contribution in [2.45, 2.75) is 34.2 Å². The van der Waals surface area contributed by atoms with Crippen LogP contribution in [0.4, 0.5) is 48.3 Å². The van der Waals surface area contributed by atoms with E-state index in [0.29, 0.717) is 0 Å². The fraction of sp³-hybridized carbons (Fsp3) is 0.857. The van der Waals surface area contributed by atoms with Gasteiger partial charge in [0, 0.05) is 0 Å². The number of hydrogen-bond acceptors (Lipinski definition) is 1. The lowest BCUT2D eigenvalue weighted by molar-refractivity contribution is -0.348. The molecule has 0 radical (unpaired) electrons. The minimum atomic E-state index is -7.17. The molecule has 0 atom stereocenters. The van der Waals surface area contributed by atoms with Crippen LogP contribution in [-0.2, 0) is 4.79 Å². The van der Waals surface area contributed by atoms with Gasteiger partial charge in [-0.05, 0) is 11.6 Å². The van der Waals surface area contributed by atoms with E-state index in [1.165, 1.54) is 0 Å². The molecular weight excluding hydrogens is 415 g/mol. The number of alkyl halides is 13. The lowest BCUT2D eigenvalue weighted by Gasteiger charge is -2.41. The van der Waals surface area contributed by atoms with Crippen molar-refractivity contribution >= 4 is 40.0 Å². The van der Waals surface area contributed by atoms with Crippen molar-refractivity contribution in [1.82, 2.24) is 0 Å². The summed E-state index contributed by atoms with van der Waals surface area (Å²) in [5, 5.41) is -3.46. The highest BCUT2D eigenvalue weighted by molar-refractivity contribution is 6.65. The maximum Gasteiger partial charge on any atom is 0.456 e. The summed E-state index contributed by atoms with van der Waals surface area (Å²) in [5.41, 5.74) is 0. The van der Waals surface area contributed by atoms with Gasteiger partial charge in [-0.2, -0.15) is 48.3 Å². The van der Waals surface area contributed by atoms with Gasteiger partial charge in [-0.15, -0.1) is 0 Å². The van der Waals surface area contributed by atoms with E-state index < -0.39 is 39.4 Å². The van der Waals surface area contributed by atoms with Gasteiger partial charge in [0.25, 0.3) is 9.58 Å². The minimum Gasteiger partial charge on any atom is -0.274 e. The zero-order valence-electron chi connectivity index (χ0n) is 9.20. The Morgan fingerprint density at radius 1 is 0.636 bits per heavy atom. The molecule has 0 N–H and O–H groups in total. The van der Waals surface area contributed by atoms with Crippen molar-refractivity contribution < 1.29 is 53.1 Å². The summed E-state index contributed by atoms with van der Waals surface area (Å²) in [5.74, 6) is -27.8. The number of carbonyl (C=O) groups excluding carboxylic acids is 1. The summed E-state index contributed by atoms with van der Waals surface area (Å²) in [6, 6.07) is 0. The Bertz CT molecular complexity index is 455. The third kappa shape index (κ3) is 2.70. The summed E-state index contributed by atoms with van der Waals surface area (Å²) in [6.07, 6.45) is -7.00. The van der Waals surface area contributed by atoms with Crippen LogP contribution in [0.15, 0.2) is 0 Å². The number of carbonyl (C=O) groups is 1. The van der Waals surface area contributed by atoms with Crippen molar-refractivity contribution in [3.8, 4) is 0 Å². The predicted octanol–water partition coefficient (Wildman–Crippen LogP) is 5.03. The van der Waals surface area contributed by atoms with Crippen molar-refractivity contribution in [2.24, 2.45) is 0 Å². The molecule has 0 fully saturated rings. The zero-order valence-corrected chi connectivity index (χ0v) is 11.5. The van der Waals surface area contributed by atoms with Gasteiger partial charge in [0.1, 0.15) is 0 Å². The van der Waals surface area contributed by atoms with Crippen LogP contribution in [0.5, 0.6) is 0 Å². The standard InChI is InChI=1S/C7Cl3F11O/c8-1(22)2(11,12)4(13,14)5(15,16)3(9,10)6(17,18)7(19,20)21. The van der Waals surface area contributed by atoms with Gasteiger partial charge in [0.05, 0.1) is 0 Å². The average Bonchev–Trinajstić information content (AvgIpc) is 2.25. The first-order valence-corrected chi connectivity index (χ1v) is 5.48. The molecule has 0 spiro atoms. The van der Waals surface area contributed by atoms with Crippen molar-refractivity contribution in [2.75, 3.05) is 0 Å². The second kappa shape index (κ2) is 5.40. The van der Waals surface area contributed by atoms with Crippen LogP contribution in [0.3, 0.4) is 0 Å². The highest BCUT2D eigenvalue weighted by Gasteiger charge is 2.88. The fourth-order valence-electron chi connectivity index (χ4n) is 0.893. The van der Waals surface area contributed by atoms with Crippen molar-refractivity contribution in [3.63, 3.8) is 0 Å². The van der Waals surface area contributed by atoms with E-state index in [1.54, 1.807) is 0 Å². The van der Waals surface area contributed by atoms with Gasteiger partial charge < -0.3 is 0 Å². The van der Waals surface area contributed by atoms with E-state index in [2.05, 4.69) is 34.8 Å². The molecule has 0 aromatic carbocycles. The molecule has 0 aromatic heterocycles. The van der Waals surface area contributed by atoms with Gasteiger partial charge in [0.15, 0.2) is 0 Å². The molecular formula is C7Cl3F11O. The molecule has 132 valence electrons. The molecule has 15 heteroatoms. The average molecular weight is 415 g/mol. The first kappa shape index (κ1) is 21.8. The SMILES string of the molecule is O=C(Cl)C(F)(F)C(F)(F)C(F)(F)C(Cl)(Cl)C(F)(F)C(F)(F)F. The Balaban J connectivity index is 6.29. The number of hydrogen-bond donors (Lipinski definition) is 0. The van der Waals surface area contributed by atoms with Gasteiger partial charge >= 0.3 is 29.9 Å². The Labute approximate surface area is 128 Å². The number of rotatable bonds is 5. The van der Waals surface area contributed by atoms with E-state index in [1.807, 2.05) is 0 Å². The monoisotopic (exact) mass is 414 g/mol. The largest absolute Gasteiger partial charge is 0.456 e. The quantitative estimate of drug-likeness (QED) is 0.350. The Morgan fingerprint density at radius 3 is 1.18 bits per heavy atom. The maximum absolute atomic E-state index is 13.2. The third-order valence-electron chi connectivity index (χ3n) is 2.18. The smallest absolute Gasteiger partial charge is 0.274 e. The van der Waals surface area contributed by atoms with Gasteiger partial charge in [0.2, 0.25) is 0 Å². The minimum absolute atomic E-state index is 3.46. The molecule has 0 saturated carbocycles. The normalized spacial score (nSPS) is 15.9. The Hall–Kier alpha value is -0.230. The molecule has 0 aliphatic carbocycles. The van der Waals surface area contributed by atoms with E-state index >= 15 is 0 Å². The predicted molar refractivity (Wildman–Crippen MR) is 51.1 cm³/mol. The lowest BCUT2D eigenvalue weighted by Crippen LogP contribution is -2.69. The summed E-state index contributed by atoms with van der Waals surface area (Å²) in [6.45, 7) is 0. The second-order valence-electron chi connectivity index (χ2n) is 3.64. The molecule has 0 saturated heterocycles. The molecule has 0 aliphatic heterocycles. The highest BCUT2D eigenvalue weighted by Crippen LogP contribution is 2.62. The highest BCUT2D eigenvalue weighted by atomic mass is 35.5. The van der Waals surface area contributed by atoms with Crippen molar-refractivity contribution in [1.29, 1.82) is 0 Å². The Kier molecular flexibility index (Phi) is 5.34. The van der Waals surface area contributed by atoms with E-state index in [0.717, 1.165) is 0 Å². The molecule has 0 aromatic rings. The molecule has 0 aliphatic rings. The van der Waals surface area contributed by atoms with Crippen LogP contribution in [0.1, 0.15) is 0 Å². The van der Waals surface area contributed by atoms with Crippen molar-refractivity contribution in [3.05, 3.63) is 0 Å². The first-order chi connectivity index (χ1) is 9.19. The topological polar surface area (TPSA) is 17.1 Å². The van der Waals surface area contributed by atoms with E-state index in [4.69, 9.17) is 0 Å². The molecule has 1 nitrogen and oxygen atoms in total. The third-order valence-corrected chi connectivity index (χ3v) is 3.37. The first-order valence-electron chi connectivity index (χ1n) is 4.35. The van der Waals surface area contributed by atoms with E-state index in [9.17, 15) is 53.1 Å². The summed E-state index contributed by atoms with van der Waals surface area (Å²) >= 11 is 11.9. The molecule has 0 unspecified atom stereocenters. The van der Waals surface area contributed by atoms with Gasteiger partial charge in [-0.3, -0.25) is 4.79 Å². The zero-order chi connectivity index (χ0) is 18.6. The fourth-order valence-corrected chi connectivity index (χ4v) is 1.46. The molecule has 0 rings (SSSR count). The summed E-state index contributed by atoms with van der Waals surface area (Å²) in [7, 11) is 0. The molecule has 0 amide bonds. The van der Waals surface area contributed by atoms with Gasteiger partial charge in [-0.25, -0.2) is 0 Å². The van der Waals surface area contributed by atoms with Crippen LogP contribution < -0.4 is 0 Å². The lowest BCUT2D eigenvalue weighted by atomic mass is 9.97. The molecule has 0 heterocycles. The van der Waals surface area contributed by atoms with Crippen LogP contribution in [0.2, 0.25) is 0 Å². The molecule has 0 bridgehead atoms.